The highest BCUT2D eigenvalue weighted by molar-refractivity contribution is 5.79. The monoisotopic (exact) mass is 335 g/mol. The lowest BCUT2D eigenvalue weighted by atomic mass is 9.99. The minimum atomic E-state index is 0.0632. The lowest BCUT2D eigenvalue weighted by Gasteiger charge is -2.35. The Morgan fingerprint density at radius 1 is 1.16 bits per heavy atom. The van der Waals surface area contributed by atoms with Crippen LogP contribution in [0.1, 0.15) is 54.7 Å². The molecule has 2 fully saturated rings. The van der Waals surface area contributed by atoms with Gasteiger partial charge in [0, 0.05) is 30.1 Å². The third kappa shape index (κ3) is 2.68. The molecular weight excluding hydrogens is 314 g/mol. The van der Waals surface area contributed by atoms with Gasteiger partial charge in [0.2, 0.25) is 0 Å². The summed E-state index contributed by atoms with van der Waals surface area (Å²) in [6, 6.07) is 9.89. The lowest BCUT2D eigenvalue weighted by Crippen LogP contribution is -2.44. The van der Waals surface area contributed by atoms with E-state index in [0.29, 0.717) is 5.92 Å². The summed E-state index contributed by atoms with van der Waals surface area (Å²) in [6.07, 6.45) is 7.30. The molecule has 1 amide bonds. The van der Waals surface area contributed by atoms with Crippen LogP contribution in [0.15, 0.2) is 36.5 Å². The maximum Gasteiger partial charge on any atom is 0.261 e. The first-order chi connectivity index (χ1) is 12.3. The summed E-state index contributed by atoms with van der Waals surface area (Å²) in [4.78, 5) is 24.2. The quantitative estimate of drug-likeness (QED) is 0.862. The number of aromatic nitrogens is 2. The molecule has 2 aliphatic heterocycles. The van der Waals surface area contributed by atoms with Gasteiger partial charge in [-0.25, -0.2) is 9.97 Å². The van der Waals surface area contributed by atoms with Crippen molar-refractivity contribution in [3.05, 3.63) is 53.6 Å². The molecule has 2 unspecified atom stereocenters. The summed E-state index contributed by atoms with van der Waals surface area (Å²) in [5, 5.41) is 0. The van der Waals surface area contributed by atoms with Crippen molar-refractivity contribution >= 4 is 5.91 Å². The molecule has 128 valence electrons. The lowest BCUT2D eigenvalue weighted by molar-refractivity contribution is -0.137. The van der Waals surface area contributed by atoms with E-state index in [1.54, 1.807) is 0 Å². The van der Waals surface area contributed by atoms with Crippen molar-refractivity contribution in [3.63, 3.8) is 0 Å². The number of amides is 1. The normalized spacial score (nSPS) is 24.1. The van der Waals surface area contributed by atoms with Gasteiger partial charge in [0.1, 0.15) is 11.6 Å². The van der Waals surface area contributed by atoms with Crippen LogP contribution in [-0.4, -0.2) is 33.4 Å². The molecule has 5 nitrogen and oxygen atoms in total. The highest BCUT2D eigenvalue weighted by Crippen LogP contribution is 2.44. The largest absolute Gasteiger partial charge is 0.484 e. The number of hydrogen-bond donors (Lipinski definition) is 0. The molecule has 5 rings (SSSR count). The van der Waals surface area contributed by atoms with Crippen LogP contribution < -0.4 is 4.74 Å². The van der Waals surface area contributed by atoms with Crippen LogP contribution in [0.2, 0.25) is 0 Å². The molecule has 1 aromatic carbocycles. The van der Waals surface area contributed by atoms with Gasteiger partial charge in [0.15, 0.2) is 6.61 Å². The molecule has 0 radical (unpaired) electrons. The van der Waals surface area contributed by atoms with E-state index in [9.17, 15) is 4.79 Å². The van der Waals surface area contributed by atoms with Crippen LogP contribution in [0.4, 0.5) is 0 Å². The molecule has 1 aromatic heterocycles. The van der Waals surface area contributed by atoms with Crippen LogP contribution in [0, 0.1) is 0 Å². The third-order valence-electron chi connectivity index (χ3n) is 5.55. The number of fused-ring (bicyclic) bond motifs is 4. The zero-order chi connectivity index (χ0) is 16.8. The molecule has 1 aliphatic carbocycles. The molecule has 2 bridgehead atoms. The van der Waals surface area contributed by atoms with Crippen LogP contribution in [0.5, 0.6) is 5.75 Å². The van der Waals surface area contributed by atoms with E-state index in [1.165, 1.54) is 12.8 Å². The van der Waals surface area contributed by atoms with Gasteiger partial charge < -0.3 is 9.64 Å². The Morgan fingerprint density at radius 2 is 2.00 bits per heavy atom. The van der Waals surface area contributed by atoms with E-state index >= 15 is 0 Å². The summed E-state index contributed by atoms with van der Waals surface area (Å²) < 4.78 is 5.67. The maximum atomic E-state index is 12.8. The Labute approximate surface area is 147 Å². The molecular formula is C20H21N3O2. The number of para-hydroxylation sites is 1. The second-order valence-corrected chi connectivity index (χ2v) is 7.26. The van der Waals surface area contributed by atoms with Crippen molar-refractivity contribution in [2.45, 2.75) is 50.1 Å². The van der Waals surface area contributed by atoms with Crippen LogP contribution in [-0.2, 0) is 11.2 Å². The number of ether oxygens (including phenoxy) is 1. The molecule has 2 atom stereocenters. The number of rotatable bonds is 4. The smallest absolute Gasteiger partial charge is 0.261 e. The van der Waals surface area contributed by atoms with Gasteiger partial charge in [-0.15, -0.1) is 0 Å². The van der Waals surface area contributed by atoms with Crippen molar-refractivity contribution < 1.29 is 9.53 Å². The van der Waals surface area contributed by atoms with Crippen LogP contribution >= 0.6 is 0 Å². The molecule has 5 heteroatoms. The minimum Gasteiger partial charge on any atom is -0.484 e. The van der Waals surface area contributed by atoms with E-state index in [2.05, 4.69) is 4.98 Å². The zero-order valence-corrected chi connectivity index (χ0v) is 14.1. The Balaban J connectivity index is 1.34. The molecule has 2 aromatic rings. The van der Waals surface area contributed by atoms with Crippen molar-refractivity contribution in [1.82, 2.24) is 14.9 Å². The standard InChI is InChI=1S/C20H21N3O2/c24-19(12-25-15-4-2-1-3-5-15)23-14-8-9-18(23)16-11-21-20(13-6-7-13)22-17(16)10-14/h1-5,11,13-14,18H,6-10,12H2. The average molecular weight is 335 g/mol. The van der Waals surface area contributed by atoms with E-state index in [4.69, 9.17) is 9.72 Å². The van der Waals surface area contributed by atoms with Crippen LogP contribution in [0.25, 0.3) is 0 Å². The fraction of sp³-hybridized carbons (Fsp3) is 0.450. The van der Waals surface area contributed by atoms with Crippen LogP contribution in [0.3, 0.4) is 0 Å². The summed E-state index contributed by atoms with van der Waals surface area (Å²) in [7, 11) is 0. The topological polar surface area (TPSA) is 55.3 Å². The van der Waals surface area contributed by atoms with E-state index < -0.39 is 0 Å². The van der Waals surface area contributed by atoms with E-state index in [1.807, 2.05) is 41.4 Å². The van der Waals surface area contributed by atoms with Gasteiger partial charge in [0.25, 0.3) is 5.91 Å². The Bertz CT molecular complexity index is 804. The van der Waals surface area contributed by atoms with Crippen molar-refractivity contribution in [3.8, 4) is 5.75 Å². The average Bonchev–Trinajstić information content (AvgIpc) is 3.44. The molecule has 0 N–H and O–H groups in total. The first-order valence-electron chi connectivity index (χ1n) is 9.14. The third-order valence-corrected chi connectivity index (χ3v) is 5.55. The SMILES string of the molecule is O=C(COc1ccccc1)N1C2CCC1c1cnc(C3CC3)nc1C2. The van der Waals surface area contributed by atoms with Gasteiger partial charge in [-0.3, -0.25) is 4.79 Å². The molecule has 1 saturated carbocycles. The number of benzene rings is 1. The zero-order valence-electron chi connectivity index (χ0n) is 14.1. The second-order valence-electron chi connectivity index (χ2n) is 7.26. The first kappa shape index (κ1) is 14.9. The summed E-state index contributed by atoms with van der Waals surface area (Å²) in [5.41, 5.74) is 2.31. The van der Waals surface area contributed by atoms with Crippen molar-refractivity contribution in [1.29, 1.82) is 0 Å². The van der Waals surface area contributed by atoms with Crippen molar-refractivity contribution in [2.75, 3.05) is 6.61 Å². The predicted molar refractivity (Wildman–Crippen MR) is 92.3 cm³/mol. The number of nitrogens with zero attached hydrogens (tertiary/aromatic N) is 3. The Morgan fingerprint density at radius 3 is 2.80 bits per heavy atom. The highest BCUT2D eigenvalue weighted by atomic mass is 16.5. The molecule has 0 spiro atoms. The van der Waals surface area contributed by atoms with Gasteiger partial charge in [-0.1, -0.05) is 18.2 Å². The van der Waals surface area contributed by atoms with E-state index in [-0.39, 0.29) is 24.6 Å². The van der Waals surface area contributed by atoms with Gasteiger partial charge in [0.05, 0.1) is 11.7 Å². The number of carbonyl (C=O) groups excluding carboxylic acids is 1. The highest BCUT2D eigenvalue weighted by Gasteiger charge is 2.43. The van der Waals surface area contributed by atoms with Crippen molar-refractivity contribution in [2.24, 2.45) is 0 Å². The predicted octanol–water partition coefficient (Wildman–Crippen LogP) is 3.02. The summed E-state index contributed by atoms with van der Waals surface area (Å²) >= 11 is 0. The molecule has 1 saturated heterocycles. The van der Waals surface area contributed by atoms with Gasteiger partial charge in [-0.05, 0) is 37.8 Å². The Kier molecular flexibility index (Phi) is 3.47. The number of carbonyl (C=O) groups is 1. The molecule has 3 heterocycles. The van der Waals surface area contributed by atoms with Gasteiger partial charge in [-0.2, -0.15) is 0 Å². The second kappa shape index (κ2) is 5.83. The first-order valence-corrected chi connectivity index (χ1v) is 9.14. The summed E-state index contributed by atoms with van der Waals surface area (Å²) in [6.45, 7) is 0.0906. The fourth-order valence-electron chi connectivity index (χ4n) is 4.15. The number of hydrogen-bond acceptors (Lipinski definition) is 4. The van der Waals surface area contributed by atoms with E-state index in [0.717, 1.165) is 42.1 Å². The molecule has 25 heavy (non-hydrogen) atoms. The minimum absolute atomic E-state index is 0.0632. The fourth-order valence-corrected chi connectivity index (χ4v) is 4.15. The van der Waals surface area contributed by atoms with Gasteiger partial charge >= 0.3 is 0 Å². The summed E-state index contributed by atoms with van der Waals surface area (Å²) in [5.74, 6) is 2.37. The molecule has 3 aliphatic rings. The Hall–Kier alpha value is -2.43. The maximum absolute atomic E-state index is 12.8.